The molecule has 1 rings (SSSR count). The van der Waals surface area contributed by atoms with Gasteiger partial charge in [0.2, 0.25) is 0 Å². The van der Waals surface area contributed by atoms with E-state index < -0.39 is 5.67 Å². The number of alkyl halides is 1. The molecule has 0 aromatic carbocycles. The standard InChI is InChI=1S/C4H8FNO/c5-4(1-2-4)3-7-6/h1-3,6H2. The van der Waals surface area contributed by atoms with E-state index in [0.29, 0.717) is 12.8 Å². The van der Waals surface area contributed by atoms with Gasteiger partial charge in [0.15, 0.2) is 0 Å². The number of nitrogens with two attached hydrogens (primary N) is 1. The molecule has 0 bridgehead atoms. The number of hydrogen-bond donors (Lipinski definition) is 1. The first-order valence-electron chi connectivity index (χ1n) is 2.27. The Bertz CT molecular complexity index is 72.1. The van der Waals surface area contributed by atoms with Gasteiger partial charge < -0.3 is 4.84 Å². The van der Waals surface area contributed by atoms with Crippen molar-refractivity contribution in [3.05, 3.63) is 0 Å². The number of halogens is 1. The van der Waals surface area contributed by atoms with Crippen LogP contribution in [0.1, 0.15) is 12.8 Å². The highest BCUT2D eigenvalue weighted by Crippen LogP contribution is 2.39. The summed E-state index contributed by atoms with van der Waals surface area (Å²) in [5, 5.41) is 0. The van der Waals surface area contributed by atoms with Crippen molar-refractivity contribution in [2.75, 3.05) is 6.61 Å². The molecule has 0 aromatic rings. The first kappa shape index (κ1) is 5.00. The summed E-state index contributed by atoms with van der Waals surface area (Å²) in [7, 11) is 0. The molecule has 0 amide bonds. The molecule has 0 aromatic heterocycles. The SMILES string of the molecule is NOCC1(F)CC1. The molecule has 1 aliphatic rings. The molecule has 2 nitrogen and oxygen atoms in total. The molecule has 0 unspecified atom stereocenters. The Morgan fingerprint density at radius 1 is 1.71 bits per heavy atom. The fraction of sp³-hybridized carbons (Fsp3) is 1.00. The smallest absolute Gasteiger partial charge is 0.136 e. The maximum absolute atomic E-state index is 12.3. The van der Waals surface area contributed by atoms with Crippen molar-refractivity contribution in [1.29, 1.82) is 0 Å². The molecule has 42 valence electrons. The highest BCUT2D eigenvalue weighted by molar-refractivity contribution is 4.93. The van der Waals surface area contributed by atoms with Crippen LogP contribution in [-0.4, -0.2) is 12.3 Å². The second kappa shape index (κ2) is 1.42. The molecule has 1 fully saturated rings. The summed E-state index contributed by atoms with van der Waals surface area (Å²) in [6.45, 7) is 0.0625. The zero-order valence-corrected chi connectivity index (χ0v) is 3.98. The Labute approximate surface area is 41.4 Å². The third-order valence-corrected chi connectivity index (χ3v) is 1.13. The minimum atomic E-state index is -1.05. The summed E-state index contributed by atoms with van der Waals surface area (Å²) in [6, 6.07) is 0. The third-order valence-electron chi connectivity index (χ3n) is 1.13. The Hall–Kier alpha value is -0.150. The van der Waals surface area contributed by atoms with Crippen LogP contribution in [0.15, 0.2) is 0 Å². The van der Waals surface area contributed by atoms with Crippen LogP contribution < -0.4 is 5.90 Å². The van der Waals surface area contributed by atoms with Gasteiger partial charge in [-0.1, -0.05) is 0 Å². The van der Waals surface area contributed by atoms with Crippen LogP contribution in [0, 0.1) is 0 Å². The second-order valence-electron chi connectivity index (χ2n) is 1.96. The average Bonchev–Trinajstić information content (AvgIpc) is 2.22. The van der Waals surface area contributed by atoms with E-state index >= 15 is 0 Å². The van der Waals surface area contributed by atoms with Crippen molar-refractivity contribution in [3.8, 4) is 0 Å². The molecule has 7 heavy (non-hydrogen) atoms. The van der Waals surface area contributed by atoms with E-state index in [1.165, 1.54) is 0 Å². The van der Waals surface area contributed by atoms with Gasteiger partial charge in [-0.25, -0.2) is 10.3 Å². The third kappa shape index (κ3) is 1.11. The van der Waals surface area contributed by atoms with Crippen molar-refractivity contribution < 1.29 is 9.23 Å². The Morgan fingerprint density at radius 3 is 2.43 bits per heavy atom. The van der Waals surface area contributed by atoms with E-state index in [2.05, 4.69) is 10.7 Å². The molecule has 1 saturated carbocycles. The lowest BCUT2D eigenvalue weighted by atomic mass is 10.4. The number of hydrogen-bond acceptors (Lipinski definition) is 2. The normalized spacial score (nSPS) is 24.9. The lowest BCUT2D eigenvalue weighted by Crippen LogP contribution is -2.13. The fourth-order valence-corrected chi connectivity index (χ4v) is 0.429. The lowest BCUT2D eigenvalue weighted by Gasteiger charge is -1.97. The van der Waals surface area contributed by atoms with Crippen molar-refractivity contribution >= 4 is 0 Å². The first-order valence-corrected chi connectivity index (χ1v) is 2.27. The summed E-state index contributed by atoms with van der Waals surface area (Å²) in [5.74, 6) is 4.61. The average molecular weight is 105 g/mol. The van der Waals surface area contributed by atoms with Gasteiger partial charge in [0, 0.05) is 0 Å². The van der Waals surface area contributed by atoms with E-state index in [-0.39, 0.29) is 6.61 Å². The van der Waals surface area contributed by atoms with Gasteiger partial charge in [-0.15, -0.1) is 0 Å². The zero-order chi connectivity index (χ0) is 5.33. The molecular weight excluding hydrogens is 97.0 g/mol. The molecule has 3 heteroatoms. The summed E-state index contributed by atoms with van der Waals surface area (Å²) in [4.78, 5) is 4.09. The molecule has 0 heterocycles. The highest BCUT2D eigenvalue weighted by atomic mass is 19.1. The van der Waals surface area contributed by atoms with Crippen molar-refractivity contribution in [2.45, 2.75) is 18.5 Å². The second-order valence-corrected chi connectivity index (χ2v) is 1.96. The van der Waals surface area contributed by atoms with Crippen LogP contribution in [0.5, 0.6) is 0 Å². The van der Waals surface area contributed by atoms with E-state index in [4.69, 9.17) is 0 Å². The van der Waals surface area contributed by atoms with E-state index in [9.17, 15) is 4.39 Å². The largest absolute Gasteiger partial charge is 0.301 e. The topological polar surface area (TPSA) is 35.2 Å². The monoisotopic (exact) mass is 105 g/mol. The maximum atomic E-state index is 12.3. The van der Waals surface area contributed by atoms with Crippen LogP contribution in [0.25, 0.3) is 0 Å². The van der Waals surface area contributed by atoms with Gasteiger partial charge in [0.1, 0.15) is 12.3 Å². The number of rotatable bonds is 2. The lowest BCUT2D eigenvalue weighted by molar-refractivity contribution is 0.0701. The maximum Gasteiger partial charge on any atom is 0.136 e. The Morgan fingerprint density at radius 2 is 2.29 bits per heavy atom. The Kier molecular flexibility index (Phi) is 1.01. The van der Waals surface area contributed by atoms with Crippen LogP contribution in [0.3, 0.4) is 0 Å². The van der Waals surface area contributed by atoms with Crippen LogP contribution >= 0.6 is 0 Å². The van der Waals surface area contributed by atoms with Gasteiger partial charge in [-0.05, 0) is 12.8 Å². The van der Waals surface area contributed by atoms with Gasteiger partial charge in [-0.3, -0.25) is 0 Å². The predicted molar refractivity (Wildman–Crippen MR) is 23.2 cm³/mol. The molecular formula is C4H8FNO. The highest BCUT2D eigenvalue weighted by Gasteiger charge is 2.43. The molecule has 0 spiro atoms. The summed E-state index contributed by atoms with van der Waals surface area (Å²) in [6.07, 6.45) is 1.23. The summed E-state index contributed by atoms with van der Waals surface area (Å²) in [5.41, 5.74) is -1.05. The van der Waals surface area contributed by atoms with Gasteiger partial charge in [-0.2, -0.15) is 0 Å². The van der Waals surface area contributed by atoms with Crippen LogP contribution in [0.4, 0.5) is 4.39 Å². The van der Waals surface area contributed by atoms with E-state index in [1.807, 2.05) is 0 Å². The molecule has 0 atom stereocenters. The molecule has 2 N–H and O–H groups in total. The van der Waals surface area contributed by atoms with Gasteiger partial charge >= 0.3 is 0 Å². The van der Waals surface area contributed by atoms with Crippen LogP contribution in [0.2, 0.25) is 0 Å². The van der Waals surface area contributed by atoms with E-state index in [1.54, 1.807) is 0 Å². The van der Waals surface area contributed by atoms with E-state index in [0.717, 1.165) is 0 Å². The van der Waals surface area contributed by atoms with Gasteiger partial charge in [0.25, 0.3) is 0 Å². The molecule has 1 aliphatic carbocycles. The quantitative estimate of drug-likeness (QED) is 0.515. The van der Waals surface area contributed by atoms with Crippen molar-refractivity contribution in [1.82, 2.24) is 0 Å². The van der Waals surface area contributed by atoms with Crippen molar-refractivity contribution in [2.24, 2.45) is 5.90 Å². The van der Waals surface area contributed by atoms with Crippen molar-refractivity contribution in [3.63, 3.8) is 0 Å². The minimum absolute atomic E-state index is 0.0625. The Balaban J connectivity index is 2.13. The summed E-state index contributed by atoms with van der Waals surface area (Å²) >= 11 is 0. The summed E-state index contributed by atoms with van der Waals surface area (Å²) < 4.78 is 12.3. The molecule has 0 aliphatic heterocycles. The minimum Gasteiger partial charge on any atom is -0.301 e. The van der Waals surface area contributed by atoms with Crippen LogP contribution in [-0.2, 0) is 4.84 Å². The van der Waals surface area contributed by atoms with Gasteiger partial charge in [0.05, 0.1) is 0 Å². The molecule has 0 radical (unpaired) electrons. The fourth-order valence-electron chi connectivity index (χ4n) is 0.429. The first-order chi connectivity index (χ1) is 3.27. The zero-order valence-electron chi connectivity index (χ0n) is 3.98. The predicted octanol–water partition coefficient (Wildman–Crippen LogP) is 0.379. The molecule has 0 saturated heterocycles.